The molecule has 0 N–H and O–H groups in total. The van der Waals surface area contributed by atoms with Crippen LogP contribution < -0.4 is 0 Å². The van der Waals surface area contributed by atoms with E-state index >= 15 is 0 Å². The van der Waals surface area contributed by atoms with E-state index in [1.54, 1.807) is 6.92 Å². The van der Waals surface area contributed by atoms with Crippen molar-refractivity contribution in [3.05, 3.63) is 0 Å². The van der Waals surface area contributed by atoms with Crippen LogP contribution in [-0.2, 0) is 14.3 Å². The lowest BCUT2D eigenvalue weighted by Gasteiger charge is -2.38. The fourth-order valence-corrected chi connectivity index (χ4v) is 2.96. The monoisotopic (exact) mass is 270 g/mol. The molecule has 1 aliphatic rings. The molecule has 0 heterocycles. The molecule has 0 amide bonds. The van der Waals surface area contributed by atoms with E-state index in [0.717, 1.165) is 12.5 Å². The highest BCUT2D eigenvalue weighted by atomic mass is 16.6. The molecule has 0 aromatic rings. The summed E-state index contributed by atoms with van der Waals surface area (Å²) in [6, 6.07) is 0. The van der Waals surface area contributed by atoms with Gasteiger partial charge >= 0.3 is 5.97 Å². The molecule has 19 heavy (non-hydrogen) atoms. The summed E-state index contributed by atoms with van der Waals surface area (Å²) in [4.78, 5) is 10.9. The lowest BCUT2D eigenvalue weighted by atomic mass is 9.69. The van der Waals surface area contributed by atoms with E-state index in [0.29, 0.717) is 31.0 Å². The van der Waals surface area contributed by atoms with Crippen molar-refractivity contribution in [2.45, 2.75) is 59.8 Å². The molecule has 1 fully saturated rings. The summed E-state index contributed by atoms with van der Waals surface area (Å²) >= 11 is 0. The van der Waals surface area contributed by atoms with E-state index in [9.17, 15) is 4.79 Å². The second-order valence-corrected chi connectivity index (χ2v) is 6.65. The van der Waals surface area contributed by atoms with Gasteiger partial charge in [-0.1, -0.05) is 40.5 Å². The minimum Gasteiger partial charge on any atom is -0.463 e. The normalized spacial score (nSPS) is 23.9. The summed E-state index contributed by atoms with van der Waals surface area (Å²) in [6.45, 7) is 10.5. The zero-order valence-corrected chi connectivity index (χ0v) is 13.0. The number of ether oxygens (including phenoxy) is 2. The minimum absolute atomic E-state index is 0.148. The summed E-state index contributed by atoms with van der Waals surface area (Å²) < 4.78 is 10.6. The smallest absolute Gasteiger partial charge is 0.305 e. The Balaban J connectivity index is 2.13. The summed E-state index contributed by atoms with van der Waals surface area (Å²) in [5.41, 5.74) is 0.494. The number of hydrogen-bond acceptors (Lipinski definition) is 3. The average Bonchev–Trinajstić information content (AvgIpc) is 2.36. The van der Waals surface area contributed by atoms with E-state index in [1.165, 1.54) is 25.7 Å². The van der Waals surface area contributed by atoms with Crippen LogP contribution >= 0.6 is 0 Å². The van der Waals surface area contributed by atoms with Gasteiger partial charge in [0.25, 0.3) is 0 Å². The van der Waals surface area contributed by atoms with Crippen molar-refractivity contribution in [1.82, 2.24) is 0 Å². The molecule has 0 aliphatic heterocycles. The predicted octanol–water partition coefficient (Wildman–Crippen LogP) is 3.81. The van der Waals surface area contributed by atoms with Gasteiger partial charge in [-0.3, -0.25) is 4.79 Å². The van der Waals surface area contributed by atoms with E-state index in [2.05, 4.69) is 20.8 Å². The van der Waals surface area contributed by atoms with Crippen LogP contribution in [0.2, 0.25) is 0 Å². The molecule has 1 rings (SSSR count). The van der Waals surface area contributed by atoms with Crippen molar-refractivity contribution in [2.75, 3.05) is 19.8 Å². The Kier molecular flexibility index (Phi) is 6.84. The molecule has 3 heteroatoms. The maximum absolute atomic E-state index is 10.9. The van der Waals surface area contributed by atoms with Gasteiger partial charge in [0.05, 0.1) is 6.61 Å². The Labute approximate surface area is 118 Å². The number of rotatable bonds is 7. The first kappa shape index (κ1) is 16.5. The first-order valence-electron chi connectivity index (χ1n) is 7.68. The Hall–Kier alpha value is -0.570. The van der Waals surface area contributed by atoms with Crippen molar-refractivity contribution in [1.29, 1.82) is 0 Å². The van der Waals surface area contributed by atoms with Gasteiger partial charge in [0, 0.05) is 13.0 Å². The van der Waals surface area contributed by atoms with Crippen molar-refractivity contribution in [3.8, 4) is 0 Å². The molecular formula is C16H30O3. The molecule has 0 spiro atoms. The highest BCUT2D eigenvalue weighted by molar-refractivity contribution is 5.68. The van der Waals surface area contributed by atoms with Gasteiger partial charge in [-0.05, 0) is 30.1 Å². The van der Waals surface area contributed by atoms with Crippen LogP contribution in [0.3, 0.4) is 0 Å². The third-order valence-electron chi connectivity index (χ3n) is 4.21. The van der Waals surface area contributed by atoms with Gasteiger partial charge in [-0.25, -0.2) is 0 Å². The second kappa shape index (κ2) is 7.88. The predicted molar refractivity (Wildman–Crippen MR) is 77.0 cm³/mol. The lowest BCUT2D eigenvalue weighted by molar-refractivity contribution is -0.145. The van der Waals surface area contributed by atoms with Gasteiger partial charge in [0.15, 0.2) is 0 Å². The van der Waals surface area contributed by atoms with Crippen LogP contribution in [0, 0.1) is 17.3 Å². The Morgan fingerprint density at radius 2 is 2.11 bits per heavy atom. The molecule has 1 aliphatic carbocycles. The average molecular weight is 270 g/mol. The Morgan fingerprint density at radius 3 is 2.74 bits per heavy atom. The fraction of sp³-hybridized carbons (Fsp3) is 0.938. The van der Waals surface area contributed by atoms with Gasteiger partial charge in [-0.2, -0.15) is 0 Å². The highest BCUT2D eigenvalue weighted by Gasteiger charge is 2.30. The van der Waals surface area contributed by atoms with Crippen LogP contribution in [-0.4, -0.2) is 25.8 Å². The third-order valence-corrected chi connectivity index (χ3v) is 4.21. The Bertz CT molecular complexity index is 273. The molecule has 0 aromatic heterocycles. The van der Waals surface area contributed by atoms with Crippen LogP contribution in [0.4, 0.5) is 0 Å². The van der Waals surface area contributed by atoms with Gasteiger partial charge in [0.2, 0.25) is 0 Å². The van der Waals surface area contributed by atoms with E-state index in [4.69, 9.17) is 9.47 Å². The largest absolute Gasteiger partial charge is 0.463 e. The standard InChI is InChI=1S/C16H30O3/c1-5-15(17)19-10-9-18-12-13(2)14-7-6-8-16(3,4)11-14/h13-14H,5-12H2,1-4H3. The molecule has 112 valence electrons. The summed E-state index contributed by atoms with van der Waals surface area (Å²) in [5.74, 6) is 1.23. The topological polar surface area (TPSA) is 35.5 Å². The maximum Gasteiger partial charge on any atom is 0.305 e. The van der Waals surface area contributed by atoms with Gasteiger partial charge in [-0.15, -0.1) is 0 Å². The minimum atomic E-state index is -0.148. The number of carbonyl (C=O) groups is 1. The maximum atomic E-state index is 10.9. The quantitative estimate of drug-likeness (QED) is 0.521. The highest BCUT2D eigenvalue weighted by Crippen LogP contribution is 2.41. The molecule has 1 saturated carbocycles. The summed E-state index contributed by atoms with van der Waals surface area (Å²) in [7, 11) is 0. The van der Waals surface area contributed by atoms with Crippen LogP contribution in [0.15, 0.2) is 0 Å². The summed E-state index contributed by atoms with van der Waals surface area (Å²) in [5, 5.41) is 0. The van der Waals surface area contributed by atoms with E-state index in [-0.39, 0.29) is 5.97 Å². The molecule has 3 nitrogen and oxygen atoms in total. The van der Waals surface area contributed by atoms with Crippen molar-refractivity contribution in [2.24, 2.45) is 17.3 Å². The molecule has 0 radical (unpaired) electrons. The molecule has 0 saturated heterocycles. The molecule has 2 atom stereocenters. The van der Waals surface area contributed by atoms with Crippen LogP contribution in [0.1, 0.15) is 59.8 Å². The Morgan fingerprint density at radius 1 is 1.37 bits per heavy atom. The zero-order chi connectivity index (χ0) is 14.3. The van der Waals surface area contributed by atoms with E-state index in [1.807, 2.05) is 0 Å². The van der Waals surface area contributed by atoms with Gasteiger partial charge in [0.1, 0.15) is 6.61 Å². The fourth-order valence-electron chi connectivity index (χ4n) is 2.96. The number of hydrogen-bond donors (Lipinski definition) is 0. The zero-order valence-electron chi connectivity index (χ0n) is 13.0. The van der Waals surface area contributed by atoms with Crippen LogP contribution in [0.5, 0.6) is 0 Å². The molecule has 2 unspecified atom stereocenters. The van der Waals surface area contributed by atoms with Gasteiger partial charge < -0.3 is 9.47 Å². The SMILES string of the molecule is CCC(=O)OCCOCC(C)C1CCCC(C)(C)C1. The number of esters is 1. The van der Waals surface area contributed by atoms with Crippen LogP contribution in [0.25, 0.3) is 0 Å². The van der Waals surface area contributed by atoms with Crippen molar-refractivity contribution in [3.63, 3.8) is 0 Å². The molecule has 0 aromatic carbocycles. The van der Waals surface area contributed by atoms with Crippen molar-refractivity contribution >= 4 is 5.97 Å². The van der Waals surface area contributed by atoms with E-state index < -0.39 is 0 Å². The second-order valence-electron chi connectivity index (χ2n) is 6.65. The summed E-state index contributed by atoms with van der Waals surface area (Å²) in [6.07, 6.45) is 5.77. The molecular weight excluding hydrogens is 240 g/mol. The first-order chi connectivity index (χ1) is 8.94. The third kappa shape index (κ3) is 6.42. The lowest BCUT2D eigenvalue weighted by Crippen LogP contribution is -2.28. The first-order valence-corrected chi connectivity index (χ1v) is 7.68. The number of carbonyl (C=O) groups excluding carboxylic acids is 1. The van der Waals surface area contributed by atoms with Crippen molar-refractivity contribution < 1.29 is 14.3 Å². The molecule has 0 bridgehead atoms.